The lowest BCUT2D eigenvalue weighted by Crippen LogP contribution is -2.10. The Labute approximate surface area is 58.6 Å². The molecule has 0 aliphatic heterocycles. The maximum atomic E-state index is 5.31. The van der Waals surface area contributed by atoms with E-state index in [4.69, 9.17) is 5.64 Å². The third-order valence-corrected chi connectivity index (χ3v) is 1.35. The highest BCUT2D eigenvalue weighted by molar-refractivity contribution is 6.32. The second-order valence-electron chi connectivity index (χ2n) is 2.32. The van der Waals surface area contributed by atoms with E-state index >= 15 is 0 Å². The number of allylic oxidation sites excluding steroid dienone is 2. The summed E-state index contributed by atoms with van der Waals surface area (Å²) in [6, 6.07) is 0. The fourth-order valence-corrected chi connectivity index (χ4v) is 0.622. The Hall–Kier alpha value is -0.235. The Balaban J connectivity index is 3.06. The minimum absolute atomic E-state index is 0.557. The Morgan fingerprint density at radius 1 is 1.67 bits per heavy atom. The zero-order valence-electron chi connectivity index (χ0n) is 6.30. The smallest absolute Gasteiger partial charge is 0.205 e. The quantitative estimate of drug-likeness (QED) is 0.448. The van der Waals surface area contributed by atoms with Crippen molar-refractivity contribution in [3.8, 4) is 0 Å². The van der Waals surface area contributed by atoms with Crippen molar-refractivity contribution in [1.82, 2.24) is 0 Å². The van der Waals surface area contributed by atoms with Crippen molar-refractivity contribution in [2.45, 2.75) is 32.5 Å². The van der Waals surface area contributed by atoms with Gasteiger partial charge in [0.1, 0.15) is 0 Å². The van der Waals surface area contributed by atoms with Crippen LogP contribution in [0, 0.1) is 0 Å². The van der Waals surface area contributed by atoms with Crippen LogP contribution in [0.15, 0.2) is 12.2 Å². The summed E-state index contributed by atoms with van der Waals surface area (Å²) in [6.45, 7) is 4.17. The summed E-state index contributed by atoms with van der Waals surface area (Å²) in [6.07, 6.45) is 6.55. The molecule has 0 aromatic carbocycles. The minimum Gasteiger partial charge on any atom is -0.374 e. The Kier molecular flexibility index (Phi) is 5.74. The molecule has 0 amide bonds. The van der Waals surface area contributed by atoms with E-state index in [1.165, 1.54) is 6.42 Å². The van der Waals surface area contributed by atoms with E-state index in [0.29, 0.717) is 5.82 Å². The third kappa shape index (κ3) is 5.64. The molecule has 0 spiro atoms. The molecule has 2 heteroatoms. The molecule has 1 unspecified atom stereocenters. The number of hydrogen-bond donors (Lipinski definition) is 1. The molecular formula is C7H15BN. The molecule has 0 saturated carbocycles. The summed E-state index contributed by atoms with van der Waals surface area (Å²) in [5.74, 6) is 0.557. The predicted molar refractivity (Wildman–Crippen MR) is 43.4 cm³/mol. The molecule has 0 saturated heterocycles. The van der Waals surface area contributed by atoms with E-state index in [0.717, 1.165) is 6.42 Å². The van der Waals surface area contributed by atoms with Gasteiger partial charge in [-0.15, -0.1) is 0 Å². The molecule has 0 aliphatic rings. The van der Waals surface area contributed by atoms with Crippen LogP contribution in [0.5, 0.6) is 0 Å². The molecule has 51 valence electrons. The van der Waals surface area contributed by atoms with Crippen molar-refractivity contribution in [1.29, 1.82) is 0 Å². The topological polar surface area (TPSA) is 26.0 Å². The largest absolute Gasteiger partial charge is 0.374 e. The van der Waals surface area contributed by atoms with Gasteiger partial charge < -0.3 is 5.64 Å². The lowest BCUT2D eigenvalue weighted by atomic mass is 9.76. The van der Waals surface area contributed by atoms with Gasteiger partial charge in [0.15, 0.2) is 0 Å². The summed E-state index contributed by atoms with van der Waals surface area (Å²) in [4.78, 5) is 0. The van der Waals surface area contributed by atoms with Crippen LogP contribution in [0.25, 0.3) is 0 Å². The maximum Gasteiger partial charge on any atom is 0.205 e. The number of hydrogen-bond acceptors (Lipinski definition) is 1. The van der Waals surface area contributed by atoms with E-state index in [9.17, 15) is 0 Å². The molecule has 1 nitrogen and oxygen atoms in total. The molecule has 1 radical (unpaired) electrons. The highest BCUT2D eigenvalue weighted by atomic mass is 14.4. The molecule has 0 fully saturated rings. The number of rotatable bonds is 4. The molecule has 2 N–H and O–H groups in total. The van der Waals surface area contributed by atoms with Gasteiger partial charge in [-0.2, -0.15) is 0 Å². The lowest BCUT2D eigenvalue weighted by Gasteiger charge is -2.01. The average molecular weight is 124 g/mol. The van der Waals surface area contributed by atoms with E-state index in [1.54, 1.807) is 7.41 Å². The second kappa shape index (κ2) is 5.89. The van der Waals surface area contributed by atoms with Gasteiger partial charge in [0, 0.05) is 0 Å². The van der Waals surface area contributed by atoms with Crippen LogP contribution in [0.4, 0.5) is 0 Å². The number of nitrogens with two attached hydrogens (primary N) is 1. The van der Waals surface area contributed by atoms with Crippen LogP contribution in [-0.2, 0) is 0 Å². The van der Waals surface area contributed by atoms with Gasteiger partial charge in [-0.25, -0.2) is 0 Å². The first-order valence-corrected chi connectivity index (χ1v) is 3.47. The van der Waals surface area contributed by atoms with Crippen molar-refractivity contribution >= 4 is 7.41 Å². The van der Waals surface area contributed by atoms with Crippen LogP contribution < -0.4 is 5.64 Å². The van der Waals surface area contributed by atoms with E-state index < -0.39 is 0 Å². The highest BCUT2D eigenvalue weighted by Gasteiger charge is 1.96. The fourth-order valence-electron chi connectivity index (χ4n) is 0.622. The predicted octanol–water partition coefficient (Wildman–Crippen LogP) is 1.73. The molecule has 1 atom stereocenters. The van der Waals surface area contributed by atoms with Gasteiger partial charge in [-0.1, -0.05) is 31.3 Å². The van der Waals surface area contributed by atoms with E-state index in [2.05, 4.69) is 19.1 Å². The molecule has 0 aromatic heterocycles. The van der Waals surface area contributed by atoms with Crippen molar-refractivity contribution in [2.75, 3.05) is 0 Å². The van der Waals surface area contributed by atoms with Crippen LogP contribution in [0.2, 0.25) is 5.82 Å². The van der Waals surface area contributed by atoms with Gasteiger partial charge in [0.25, 0.3) is 0 Å². The van der Waals surface area contributed by atoms with Crippen molar-refractivity contribution < 1.29 is 0 Å². The first-order valence-electron chi connectivity index (χ1n) is 3.47. The summed E-state index contributed by atoms with van der Waals surface area (Å²) in [7, 11) is 1.75. The Bertz CT molecular complexity index is 81.0. The minimum atomic E-state index is 0.557. The van der Waals surface area contributed by atoms with E-state index in [1.807, 2.05) is 6.92 Å². The van der Waals surface area contributed by atoms with Crippen molar-refractivity contribution in [3.63, 3.8) is 0 Å². The first-order chi connectivity index (χ1) is 4.31. The van der Waals surface area contributed by atoms with E-state index in [-0.39, 0.29) is 0 Å². The van der Waals surface area contributed by atoms with Gasteiger partial charge in [0.2, 0.25) is 7.41 Å². The normalized spacial score (nSPS) is 14.1. The molecule has 0 bridgehead atoms. The monoisotopic (exact) mass is 124 g/mol. The third-order valence-electron chi connectivity index (χ3n) is 1.35. The zero-order chi connectivity index (χ0) is 7.11. The van der Waals surface area contributed by atoms with Crippen LogP contribution >= 0.6 is 0 Å². The van der Waals surface area contributed by atoms with Crippen LogP contribution in [0.3, 0.4) is 0 Å². The molecule has 0 aliphatic carbocycles. The standard InChI is InChI=1S/C7H15BN/c1-3-4-5-6-7(2)8-9/h3-4,7H,5-6,9H2,1-2H3. The first kappa shape index (κ1) is 8.76. The summed E-state index contributed by atoms with van der Waals surface area (Å²) < 4.78 is 0. The molecular weight excluding hydrogens is 109 g/mol. The van der Waals surface area contributed by atoms with Gasteiger partial charge >= 0.3 is 0 Å². The Morgan fingerprint density at radius 2 is 2.33 bits per heavy atom. The van der Waals surface area contributed by atoms with Crippen LogP contribution in [-0.4, -0.2) is 7.41 Å². The lowest BCUT2D eigenvalue weighted by molar-refractivity contribution is 0.801. The zero-order valence-corrected chi connectivity index (χ0v) is 6.30. The van der Waals surface area contributed by atoms with Gasteiger partial charge in [0.05, 0.1) is 0 Å². The molecule has 9 heavy (non-hydrogen) atoms. The van der Waals surface area contributed by atoms with Crippen molar-refractivity contribution in [2.24, 2.45) is 5.64 Å². The summed E-state index contributed by atoms with van der Waals surface area (Å²) >= 11 is 0. The highest BCUT2D eigenvalue weighted by Crippen LogP contribution is 2.08. The Morgan fingerprint density at radius 3 is 2.78 bits per heavy atom. The van der Waals surface area contributed by atoms with Gasteiger partial charge in [-0.3, -0.25) is 0 Å². The van der Waals surface area contributed by atoms with Gasteiger partial charge in [-0.05, 0) is 13.3 Å². The van der Waals surface area contributed by atoms with Crippen molar-refractivity contribution in [3.05, 3.63) is 12.2 Å². The summed E-state index contributed by atoms with van der Waals surface area (Å²) in [5.41, 5.74) is 5.31. The fraction of sp³-hybridized carbons (Fsp3) is 0.714. The SMILES string of the molecule is CC=CCCC(C)[B]N. The molecule has 0 rings (SSSR count). The average Bonchev–Trinajstić information content (AvgIpc) is 1.89. The maximum absolute atomic E-state index is 5.31. The second-order valence-corrected chi connectivity index (χ2v) is 2.32. The molecule has 0 aromatic rings. The summed E-state index contributed by atoms with van der Waals surface area (Å²) in [5, 5.41) is 0. The molecule has 0 heterocycles. The van der Waals surface area contributed by atoms with Crippen LogP contribution in [0.1, 0.15) is 26.7 Å².